The molecule has 2 nitrogen and oxygen atoms in total. The molecule has 1 aromatic carbocycles. The summed E-state index contributed by atoms with van der Waals surface area (Å²) in [5, 5.41) is 0. The monoisotopic (exact) mass is 189 g/mol. The quantitative estimate of drug-likeness (QED) is 0.586. The van der Waals surface area contributed by atoms with E-state index in [0.29, 0.717) is 5.76 Å². The molecular weight excluding hydrogens is 174 g/mol. The highest BCUT2D eigenvalue weighted by Gasteiger charge is 2.00. The van der Waals surface area contributed by atoms with E-state index in [1.54, 1.807) is 6.08 Å². The van der Waals surface area contributed by atoms with Crippen molar-refractivity contribution >= 4 is 0 Å². The average molecular weight is 189 g/mol. The lowest BCUT2D eigenvalue weighted by Gasteiger charge is -2.09. The van der Waals surface area contributed by atoms with E-state index in [2.05, 4.69) is 12.6 Å². The second kappa shape index (κ2) is 4.51. The van der Waals surface area contributed by atoms with Crippen molar-refractivity contribution in [3.8, 4) is 5.75 Å². The van der Waals surface area contributed by atoms with E-state index in [0.717, 1.165) is 11.3 Å². The number of aryl methyl sites for hydroxylation is 2. The molecule has 0 fully saturated rings. The SMILES string of the molecule is C=C/C(=C\N)Oc1ccc(C)cc1C. The molecule has 0 radical (unpaired) electrons. The summed E-state index contributed by atoms with van der Waals surface area (Å²) in [7, 11) is 0. The van der Waals surface area contributed by atoms with Gasteiger partial charge in [-0.15, -0.1) is 0 Å². The first-order valence-corrected chi connectivity index (χ1v) is 4.47. The summed E-state index contributed by atoms with van der Waals surface area (Å²) in [5.41, 5.74) is 7.66. The molecule has 0 bridgehead atoms. The zero-order chi connectivity index (χ0) is 10.6. The molecule has 0 aromatic heterocycles. The molecule has 0 saturated carbocycles. The predicted octanol–water partition coefficient (Wildman–Crippen LogP) is 2.67. The Morgan fingerprint density at radius 1 is 1.43 bits per heavy atom. The fourth-order valence-corrected chi connectivity index (χ4v) is 1.18. The number of nitrogens with two attached hydrogens (primary N) is 1. The molecular formula is C12H15NO. The first kappa shape index (κ1) is 10.4. The fourth-order valence-electron chi connectivity index (χ4n) is 1.18. The van der Waals surface area contributed by atoms with Gasteiger partial charge in [0.2, 0.25) is 0 Å². The zero-order valence-corrected chi connectivity index (χ0v) is 8.58. The maximum absolute atomic E-state index is 5.52. The van der Waals surface area contributed by atoms with E-state index in [9.17, 15) is 0 Å². The minimum atomic E-state index is 0.567. The van der Waals surface area contributed by atoms with Crippen molar-refractivity contribution in [1.29, 1.82) is 0 Å². The molecule has 74 valence electrons. The molecule has 2 N–H and O–H groups in total. The maximum atomic E-state index is 5.52. The summed E-state index contributed by atoms with van der Waals surface area (Å²) < 4.78 is 5.52. The van der Waals surface area contributed by atoms with Gasteiger partial charge in [-0.2, -0.15) is 0 Å². The van der Waals surface area contributed by atoms with Gasteiger partial charge in [0.25, 0.3) is 0 Å². The van der Waals surface area contributed by atoms with Crippen molar-refractivity contribution in [3.63, 3.8) is 0 Å². The summed E-state index contributed by atoms with van der Waals surface area (Å²) in [4.78, 5) is 0. The lowest BCUT2D eigenvalue weighted by Crippen LogP contribution is -1.97. The molecule has 2 heteroatoms. The number of allylic oxidation sites excluding steroid dienone is 1. The van der Waals surface area contributed by atoms with Gasteiger partial charge in [-0.1, -0.05) is 24.3 Å². The summed E-state index contributed by atoms with van der Waals surface area (Å²) >= 11 is 0. The fraction of sp³-hybridized carbons (Fsp3) is 0.167. The molecule has 1 aromatic rings. The van der Waals surface area contributed by atoms with Crippen LogP contribution in [0.15, 0.2) is 42.8 Å². The molecule has 0 aliphatic carbocycles. The third-order valence-corrected chi connectivity index (χ3v) is 1.92. The normalized spacial score (nSPS) is 11.1. The molecule has 0 aliphatic rings. The molecule has 0 atom stereocenters. The highest BCUT2D eigenvalue weighted by atomic mass is 16.5. The number of rotatable bonds is 3. The Morgan fingerprint density at radius 2 is 2.14 bits per heavy atom. The minimum Gasteiger partial charge on any atom is -0.456 e. The van der Waals surface area contributed by atoms with Crippen molar-refractivity contribution in [2.24, 2.45) is 5.73 Å². The van der Waals surface area contributed by atoms with E-state index in [4.69, 9.17) is 10.5 Å². The Kier molecular flexibility index (Phi) is 3.35. The zero-order valence-electron chi connectivity index (χ0n) is 8.58. The van der Waals surface area contributed by atoms with Crippen LogP contribution in [0.3, 0.4) is 0 Å². The Bertz CT molecular complexity index is 367. The van der Waals surface area contributed by atoms with E-state index in [1.807, 2.05) is 26.0 Å². The third kappa shape index (κ3) is 2.39. The molecule has 0 heterocycles. The van der Waals surface area contributed by atoms with Crippen LogP contribution in [-0.2, 0) is 0 Å². The molecule has 0 aliphatic heterocycles. The van der Waals surface area contributed by atoms with Crippen LogP contribution in [-0.4, -0.2) is 0 Å². The summed E-state index contributed by atoms with van der Waals surface area (Å²) in [6, 6.07) is 5.99. The Labute approximate surface area is 84.7 Å². The van der Waals surface area contributed by atoms with Gasteiger partial charge in [-0.3, -0.25) is 0 Å². The van der Waals surface area contributed by atoms with Gasteiger partial charge in [-0.25, -0.2) is 0 Å². The van der Waals surface area contributed by atoms with Crippen LogP contribution < -0.4 is 10.5 Å². The van der Waals surface area contributed by atoms with Gasteiger partial charge in [0.1, 0.15) is 11.5 Å². The lowest BCUT2D eigenvalue weighted by molar-refractivity contribution is 0.439. The molecule has 14 heavy (non-hydrogen) atoms. The van der Waals surface area contributed by atoms with Crippen LogP contribution in [0.1, 0.15) is 11.1 Å². The average Bonchev–Trinajstić information content (AvgIpc) is 2.17. The van der Waals surface area contributed by atoms with Crippen molar-refractivity contribution in [2.75, 3.05) is 0 Å². The summed E-state index contributed by atoms with van der Waals surface area (Å²) in [5.74, 6) is 1.38. The molecule has 0 amide bonds. The van der Waals surface area contributed by atoms with Crippen LogP contribution in [0.2, 0.25) is 0 Å². The van der Waals surface area contributed by atoms with Gasteiger partial charge < -0.3 is 10.5 Å². The van der Waals surface area contributed by atoms with Gasteiger partial charge in [0, 0.05) is 6.20 Å². The van der Waals surface area contributed by atoms with E-state index in [1.165, 1.54) is 11.8 Å². The number of hydrogen-bond donors (Lipinski definition) is 1. The molecule has 0 spiro atoms. The second-order valence-corrected chi connectivity index (χ2v) is 3.14. The maximum Gasteiger partial charge on any atom is 0.142 e. The topological polar surface area (TPSA) is 35.2 Å². The number of benzene rings is 1. The van der Waals surface area contributed by atoms with Crippen LogP contribution in [0, 0.1) is 13.8 Å². The predicted molar refractivity (Wildman–Crippen MR) is 59.0 cm³/mol. The highest BCUT2D eigenvalue weighted by Crippen LogP contribution is 2.20. The van der Waals surface area contributed by atoms with Crippen molar-refractivity contribution in [1.82, 2.24) is 0 Å². The van der Waals surface area contributed by atoms with Crippen LogP contribution >= 0.6 is 0 Å². The van der Waals surface area contributed by atoms with Crippen molar-refractivity contribution in [3.05, 3.63) is 53.9 Å². The summed E-state index contributed by atoms with van der Waals surface area (Å²) in [6.45, 7) is 7.65. The molecule has 0 unspecified atom stereocenters. The number of hydrogen-bond acceptors (Lipinski definition) is 2. The highest BCUT2D eigenvalue weighted by molar-refractivity contribution is 5.37. The first-order valence-electron chi connectivity index (χ1n) is 4.47. The lowest BCUT2D eigenvalue weighted by atomic mass is 10.1. The Balaban J connectivity index is 2.92. The molecule has 1 rings (SSSR count). The van der Waals surface area contributed by atoms with E-state index in [-0.39, 0.29) is 0 Å². The van der Waals surface area contributed by atoms with Crippen molar-refractivity contribution in [2.45, 2.75) is 13.8 Å². The largest absolute Gasteiger partial charge is 0.456 e. The van der Waals surface area contributed by atoms with Crippen LogP contribution in [0.25, 0.3) is 0 Å². The van der Waals surface area contributed by atoms with Crippen molar-refractivity contribution < 1.29 is 4.74 Å². The van der Waals surface area contributed by atoms with Crippen LogP contribution in [0.5, 0.6) is 5.75 Å². The summed E-state index contributed by atoms with van der Waals surface area (Å²) in [6.07, 6.45) is 2.98. The molecule has 0 saturated heterocycles. The van der Waals surface area contributed by atoms with Crippen LogP contribution in [0.4, 0.5) is 0 Å². The van der Waals surface area contributed by atoms with Gasteiger partial charge in [-0.05, 0) is 31.6 Å². The van der Waals surface area contributed by atoms with E-state index >= 15 is 0 Å². The van der Waals surface area contributed by atoms with Gasteiger partial charge >= 0.3 is 0 Å². The number of ether oxygens (including phenoxy) is 1. The standard InChI is InChI=1S/C12H15NO/c1-4-11(8-13)14-12-6-5-9(2)7-10(12)3/h4-8H,1,13H2,2-3H3/b11-8+. The Hall–Kier alpha value is -1.70. The first-order chi connectivity index (χ1) is 6.67. The van der Waals surface area contributed by atoms with E-state index < -0.39 is 0 Å². The Morgan fingerprint density at radius 3 is 2.64 bits per heavy atom. The second-order valence-electron chi connectivity index (χ2n) is 3.14. The smallest absolute Gasteiger partial charge is 0.142 e. The minimum absolute atomic E-state index is 0.567. The van der Waals surface area contributed by atoms with Gasteiger partial charge in [0.15, 0.2) is 0 Å². The third-order valence-electron chi connectivity index (χ3n) is 1.92. The van der Waals surface area contributed by atoms with Gasteiger partial charge in [0.05, 0.1) is 0 Å².